The van der Waals surface area contributed by atoms with E-state index >= 15 is 0 Å². The van der Waals surface area contributed by atoms with Crippen molar-refractivity contribution in [2.75, 3.05) is 0 Å². The molecule has 2 aromatic carbocycles. The van der Waals surface area contributed by atoms with Gasteiger partial charge in [0.2, 0.25) is 0 Å². The molecule has 0 amide bonds. The first kappa shape index (κ1) is 18.4. The summed E-state index contributed by atoms with van der Waals surface area (Å²) in [5.74, 6) is -0.404. The summed E-state index contributed by atoms with van der Waals surface area (Å²) >= 11 is 0. The van der Waals surface area contributed by atoms with Crippen LogP contribution in [0.5, 0.6) is 0 Å². The number of rotatable bonds is 4. The molecule has 136 valence electrons. The lowest BCUT2D eigenvalue weighted by molar-refractivity contribution is 0.0697. The Morgan fingerprint density at radius 1 is 1.19 bits per heavy atom. The molecule has 1 aliphatic carbocycles. The Bertz CT molecular complexity index is 845. The maximum absolute atomic E-state index is 11.0. The molecule has 0 heterocycles. The summed E-state index contributed by atoms with van der Waals surface area (Å²) in [6.45, 7) is 6.84. The Morgan fingerprint density at radius 2 is 1.88 bits per heavy atom. The fraction of sp³-hybridized carbons (Fsp3) is 0.348. The van der Waals surface area contributed by atoms with Crippen LogP contribution in [0.3, 0.4) is 0 Å². The molecule has 3 heteroatoms. The predicted octanol–water partition coefficient (Wildman–Crippen LogP) is 5.22. The standard InChI is InChI=1S/C23H26O3/c1-15-10-11-23(2,3)21-13-18(19(14-24)12-20(15)21)9-6-16-4-7-17(8-5-16)22(25)26/h4-9,12-13,15,24H,10-11,14H2,1-3H3,(H,25,26)/b9-6+. The second kappa shape index (κ2) is 7.08. The summed E-state index contributed by atoms with van der Waals surface area (Å²) < 4.78 is 0. The van der Waals surface area contributed by atoms with E-state index in [9.17, 15) is 9.90 Å². The number of carboxylic acid groups (broad SMARTS) is 1. The van der Waals surface area contributed by atoms with Gasteiger partial charge in [0.15, 0.2) is 0 Å². The fourth-order valence-corrected chi connectivity index (χ4v) is 3.76. The third-order valence-electron chi connectivity index (χ3n) is 5.56. The summed E-state index contributed by atoms with van der Waals surface area (Å²) in [7, 11) is 0. The molecule has 3 nitrogen and oxygen atoms in total. The Balaban J connectivity index is 1.98. The van der Waals surface area contributed by atoms with Crippen molar-refractivity contribution in [2.24, 2.45) is 0 Å². The van der Waals surface area contributed by atoms with Crippen LogP contribution in [0.2, 0.25) is 0 Å². The first-order chi connectivity index (χ1) is 12.3. The average Bonchev–Trinajstić information content (AvgIpc) is 2.63. The molecule has 2 N–H and O–H groups in total. The van der Waals surface area contributed by atoms with Crippen molar-refractivity contribution in [3.05, 3.63) is 69.8 Å². The van der Waals surface area contributed by atoms with Crippen LogP contribution >= 0.6 is 0 Å². The average molecular weight is 350 g/mol. The maximum atomic E-state index is 11.0. The van der Waals surface area contributed by atoms with Crippen molar-refractivity contribution in [3.8, 4) is 0 Å². The van der Waals surface area contributed by atoms with Crippen LogP contribution in [0.25, 0.3) is 12.2 Å². The van der Waals surface area contributed by atoms with Gasteiger partial charge in [0, 0.05) is 0 Å². The molecule has 0 saturated heterocycles. The topological polar surface area (TPSA) is 57.5 Å². The fourth-order valence-electron chi connectivity index (χ4n) is 3.76. The van der Waals surface area contributed by atoms with Crippen LogP contribution in [0.1, 0.15) is 77.7 Å². The van der Waals surface area contributed by atoms with Gasteiger partial charge in [-0.1, -0.05) is 57.2 Å². The minimum absolute atomic E-state index is 0.0120. The van der Waals surface area contributed by atoms with E-state index in [2.05, 4.69) is 32.9 Å². The SMILES string of the molecule is CC1CCC(C)(C)c2cc(/C=C/c3ccc(C(=O)O)cc3)c(CO)cc21. The Kier molecular flexibility index (Phi) is 5.01. The number of hydrogen-bond acceptors (Lipinski definition) is 2. The third-order valence-corrected chi connectivity index (χ3v) is 5.56. The summed E-state index contributed by atoms with van der Waals surface area (Å²) in [6, 6.07) is 11.2. The Hall–Kier alpha value is -2.39. The zero-order valence-electron chi connectivity index (χ0n) is 15.6. The van der Waals surface area contributed by atoms with E-state index in [4.69, 9.17) is 5.11 Å². The quantitative estimate of drug-likeness (QED) is 0.743. The molecule has 3 rings (SSSR count). The lowest BCUT2D eigenvalue weighted by atomic mass is 9.68. The Morgan fingerprint density at radius 3 is 2.50 bits per heavy atom. The van der Waals surface area contributed by atoms with Crippen molar-refractivity contribution in [1.29, 1.82) is 0 Å². The van der Waals surface area contributed by atoms with Crippen molar-refractivity contribution < 1.29 is 15.0 Å². The first-order valence-corrected chi connectivity index (χ1v) is 9.11. The van der Waals surface area contributed by atoms with E-state index in [0.717, 1.165) is 16.7 Å². The first-order valence-electron chi connectivity index (χ1n) is 9.11. The minimum atomic E-state index is -0.922. The van der Waals surface area contributed by atoms with Crippen LogP contribution in [0.15, 0.2) is 36.4 Å². The number of carboxylic acids is 1. The van der Waals surface area contributed by atoms with Crippen molar-refractivity contribution in [1.82, 2.24) is 0 Å². The number of aliphatic hydroxyl groups is 1. The molecule has 0 fully saturated rings. The molecule has 1 aliphatic rings. The largest absolute Gasteiger partial charge is 0.478 e. The number of hydrogen-bond donors (Lipinski definition) is 2. The van der Waals surface area contributed by atoms with Gasteiger partial charge in [-0.3, -0.25) is 0 Å². The molecule has 1 unspecified atom stereocenters. The number of benzene rings is 2. The van der Waals surface area contributed by atoms with E-state index < -0.39 is 5.97 Å². The lowest BCUT2D eigenvalue weighted by Gasteiger charge is -2.36. The highest BCUT2D eigenvalue weighted by Gasteiger charge is 2.31. The van der Waals surface area contributed by atoms with Crippen LogP contribution in [-0.2, 0) is 12.0 Å². The highest BCUT2D eigenvalue weighted by Crippen LogP contribution is 2.43. The normalized spacial score (nSPS) is 18.7. The van der Waals surface area contributed by atoms with Gasteiger partial charge in [0.05, 0.1) is 12.2 Å². The summed E-state index contributed by atoms with van der Waals surface area (Å²) in [5.41, 5.74) is 6.04. The molecule has 0 bridgehead atoms. The molecule has 0 radical (unpaired) electrons. The van der Waals surface area contributed by atoms with Crippen molar-refractivity contribution >= 4 is 18.1 Å². The molecule has 0 aromatic heterocycles. The number of carbonyl (C=O) groups is 1. The zero-order valence-corrected chi connectivity index (χ0v) is 15.6. The number of fused-ring (bicyclic) bond motifs is 1. The van der Waals surface area contributed by atoms with Crippen LogP contribution in [0.4, 0.5) is 0 Å². The molecule has 2 aromatic rings. The molecule has 1 atom stereocenters. The molecular weight excluding hydrogens is 324 g/mol. The van der Waals surface area contributed by atoms with Gasteiger partial charge >= 0.3 is 5.97 Å². The van der Waals surface area contributed by atoms with Gasteiger partial charge in [-0.25, -0.2) is 4.79 Å². The number of aliphatic hydroxyl groups excluding tert-OH is 1. The second-order valence-corrected chi connectivity index (χ2v) is 7.88. The van der Waals surface area contributed by atoms with E-state index in [0.29, 0.717) is 5.92 Å². The molecule has 0 aliphatic heterocycles. The van der Waals surface area contributed by atoms with Crippen molar-refractivity contribution in [2.45, 2.75) is 51.6 Å². The summed E-state index contributed by atoms with van der Waals surface area (Å²) in [5, 5.41) is 18.8. The molecule has 26 heavy (non-hydrogen) atoms. The number of aromatic carboxylic acids is 1. The van der Waals surface area contributed by atoms with Gasteiger partial charge in [-0.05, 0) is 64.1 Å². The summed E-state index contributed by atoms with van der Waals surface area (Å²) in [6.07, 6.45) is 6.32. The highest BCUT2D eigenvalue weighted by atomic mass is 16.4. The van der Waals surface area contributed by atoms with Crippen LogP contribution < -0.4 is 0 Å². The van der Waals surface area contributed by atoms with Gasteiger partial charge < -0.3 is 10.2 Å². The van der Waals surface area contributed by atoms with Crippen LogP contribution in [0, 0.1) is 0 Å². The van der Waals surface area contributed by atoms with Gasteiger partial charge in [0.1, 0.15) is 0 Å². The molecule has 0 spiro atoms. The van der Waals surface area contributed by atoms with Gasteiger partial charge in [-0.15, -0.1) is 0 Å². The summed E-state index contributed by atoms with van der Waals surface area (Å²) in [4.78, 5) is 11.0. The maximum Gasteiger partial charge on any atom is 0.335 e. The highest BCUT2D eigenvalue weighted by molar-refractivity contribution is 5.88. The minimum Gasteiger partial charge on any atom is -0.478 e. The lowest BCUT2D eigenvalue weighted by Crippen LogP contribution is -2.26. The van der Waals surface area contributed by atoms with E-state index in [1.54, 1.807) is 24.3 Å². The molecular formula is C23H26O3. The van der Waals surface area contributed by atoms with E-state index in [1.807, 2.05) is 12.2 Å². The monoisotopic (exact) mass is 350 g/mol. The molecule has 0 saturated carbocycles. The van der Waals surface area contributed by atoms with E-state index in [1.165, 1.54) is 24.0 Å². The third kappa shape index (κ3) is 3.58. The van der Waals surface area contributed by atoms with Crippen molar-refractivity contribution in [3.63, 3.8) is 0 Å². The van der Waals surface area contributed by atoms with Gasteiger partial charge in [-0.2, -0.15) is 0 Å². The zero-order chi connectivity index (χ0) is 18.9. The smallest absolute Gasteiger partial charge is 0.335 e. The van der Waals surface area contributed by atoms with Crippen LogP contribution in [-0.4, -0.2) is 16.2 Å². The predicted molar refractivity (Wildman–Crippen MR) is 105 cm³/mol. The second-order valence-electron chi connectivity index (χ2n) is 7.88. The van der Waals surface area contributed by atoms with E-state index in [-0.39, 0.29) is 17.6 Å². The van der Waals surface area contributed by atoms with Gasteiger partial charge in [0.25, 0.3) is 0 Å². The Labute approximate surface area is 155 Å².